The largest absolute Gasteiger partial charge is 0.355 e. The van der Waals surface area contributed by atoms with E-state index < -0.39 is 0 Å². The first kappa shape index (κ1) is 20.9. The van der Waals surface area contributed by atoms with Crippen molar-refractivity contribution in [3.05, 3.63) is 83.8 Å². The standard InChI is InChI=1S/C27H27N5O/c33-27(30-20-9-2-1-3-10-20)23-11-4-5-12-24(23)29-21-13-15-22-25(31-32-26(22)18-21)16-14-19-8-6-7-17-28-19/h4-8,11-18,20,29H,1-3,9-10H2,(H,30,33)(H,31,32)/b16-14+. The molecule has 33 heavy (non-hydrogen) atoms. The maximum absolute atomic E-state index is 12.9. The van der Waals surface area contributed by atoms with Gasteiger partial charge in [-0.2, -0.15) is 5.10 Å². The van der Waals surface area contributed by atoms with Crippen LogP contribution in [0.2, 0.25) is 0 Å². The van der Waals surface area contributed by atoms with Gasteiger partial charge in [0, 0.05) is 23.3 Å². The molecule has 1 aliphatic rings. The van der Waals surface area contributed by atoms with Crippen LogP contribution in [0.1, 0.15) is 53.8 Å². The predicted molar refractivity (Wildman–Crippen MR) is 133 cm³/mol. The quantitative estimate of drug-likeness (QED) is 0.349. The average molecular weight is 438 g/mol. The van der Waals surface area contributed by atoms with Crippen LogP contribution < -0.4 is 10.6 Å². The molecule has 2 aromatic heterocycles. The lowest BCUT2D eigenvalue weighted by molar-refractivity contribution is 0.0928. The number of fused-ring (bicyclic) bond motifs is 1. The summed E-state index contributed by atoms with van der Waals surface area (Å²) in [5.41, 5.74) is 5.00. The van der Waals surface area contributed by atoms with Crippen LogP contribution in [0, 0.1) is 0 Å². The van der Waals surface area contributed by atoms with Crippen LogP contribution in [0.15, 0.2) is 66.9 Å². The molecule has 1 amide bonds. The third-order valence-electron chi connectivity index (χ3n) is 6.08. The number of nitrogens with one attached hydrogen (secondary N) is 3. The highest BCUT2D eigenvalue weighted by Crippen LogP contribution is 2.26. The molecule has 166 valence electrons. The van der Waals surface area contributed by atoms with Crippen LogP contribution >= 0.6 is 0 Å². The molecule has 2 aromatic carbocycles. The second-order valence-corrected chi connectivity index (χ2v) is 8.44. The number of carbonyl (C=O) groups is 1. The first-order valence-electron chi connectivity index (χ1n) is 11.5. The van der Waals surface area contributed by atoms with Crippen molar-refractivity contribution < 1.29 is 4.79 Å². The van der Waals surface area contributed by atoms with Gasteiger partial charge >= 0.3 is 0 Å². The summed E-state index contributed by atoms with van der Waals surface area (Å²) < 4.78 is 0. The minimum atomic E-state index is -0.0189. The molecule has 4 aromatic rings. The number of nitrogens with zero attached hydrogens (tertiary/aromatic N) is 2. The number of carbonyl (C=O) groups excluding carboxylic acids is 1. The van der Waals surface area contributed by atoms with Gasteiger partial charge in [0.25, 0.3) is 5.91 Å². The number of amides is 1. The molecule has 0 atom stereocenters. The Morgan fingerprint density at radius 1 is 0.970 bits per heavy atom. The van der Waals surface area contributed by atoms with E-state index in [9.17, 15) is 4.79 Å². The fourth-order valence-electron chi connectivity index (χ4n) is 4.34. The molecular weight excluding hydrogens is 410 g/mol. The van der Waals surface area contributed by atoms with E-state index in [0.29, 0.717) is 5.56 Å². The summed E-state index contributed by atoms with van der Waals surface area (Å²) in [7, 11) is 0. The van der Waals surface area contributed by atoms with E-state index in [-0.39, 0.29) is 11.9 Å². The summed E-state index contributed by atoms with van der Waals surface area (Å²) in [6.07, 6.45) is 11.4. The van der Waals surface area contributed by atoms with E-state index in [1.165, 1.54) is 19.3 Å². The zero-order valence-corrected chi connectivity index (χ0v) is 18.4. The fourth-order valence-corrected chi connectivity index (χ4v) is 4.34. The van der Waals surface area contributed by atoms with E-state index >= 15 is 0 Å². The second-order valence-electron chi connectivity index (χ2n) is 8.44. The topological polar surface area (TPSA) is 82.7 Å². The maximum atomic E-state index is 12.9. The molecule has 6 nitrogen and oxygen atoms in total. The smallest absolute Gasteiger partial charge is 0.253 e. The molecule has 1 saturated carbocycles. The number of anilines is 2. The number of H-pyrrole nitrogens is 1. The maximum Gasteiger partial charge on any atom is 0.253 e. The molecule has 5 rings (SSSR count). The molecule has 0 radical (unpaired) electrons. The van der Waals surface area contributed by atoms with E-state index in [2.05, 4.69) is 25.8 Å². The van der Waals surface area contributed by atoms with Gasteiger partial charge in [-0.05, 0) is 67.5 Å². The van der Waals surface area contributed by atoms with Gasteiger partial charge in [0.05, 0.1) is 28.2 Å². The minimum Gasteiger partial charge on any atom is -0.355 e. The van der Waals surface area contributed by atoms with E-state index in [1.54, 1.807) is 6.20 Å². The molecule has 0 aliphatic heterocycles. The van der Waals surface area contributed by atoms with Gasteiger partial charge in [-0.15, -0.1) is 0 Å². The molecule has 0 saturated heterocycles. The van der Waals surface area contributed by atoms with Crippen LogP contribution in [0.5, 0.6) is 0 Å². The summed E-state index contributed by atoms with van der Waals surface area (Å²) in [6.45, 7) is 0. The number of hydrogen-bond acceptors (Lipinski definition) is 4. The van der Waals surface area contributed by atoms with Crippen molar-refractivity contribution in [1.82, 2.24) is 20.5 Å². The van der Waals surface area contributed by atoms with E-state index in [0.717, 1.165) is 46.5 Å². The molecule has 0 spiro atoms. The van der Waals surface area contributed by atoms with Crippen molar-refractivity contribution >= 4 is 40.3 Å². The molecule has 3 N–H and O–H groups in total. The Morgan fingerprint density at radius 3 is 2.67 bits per heavy atom. The molecule has 2 heterocycles. The number of aromatic nitrogens is 3. The van der Waals surface area contributed by atoms with Gasteiger partial charge in [-0.1, -0.05) is 37.5 Å². The normalized spacial score (nSPS) is 14.5. The summed E-state index contributed by atoms with van der Waals surface area (Å²) in [5.74, 6) is -0.0189. The number of benzene rings is 2. The number of rotatable bonds is 6. The summed E-state index contributed by atoms with van der Waals surface area (Å²) >= 11 is 0. The van der Waals surface area contributed by atoms with Crippen LogP contribution in [-0.4, -0.2) is 27.1 Å². The molecule has 0 bridgehead atoms. The molecule has 6 heteroatoms. The van der Waals surface area contributed by atoms with Crippen molar-refractivity contribution in [2.24, 2.45) is 0 Å². The number of para-hydroxylation sites is 1. The highest BCUT2D eigenvalue weighted by Gasteiger charge is 2.18. The third kappa shape index (κ3) is 4.95. The summed E-state index contributed by atoms with van der Waals surface area (Å²) in [5, 5.41) is 15.2. The van der Waals surface area contributed by atoms with Gasteiger partial charge in [0.15, 0.2) is 0 Å². The second kappa shape index (κ2) is 9.69. The highest BCUT2D eigenvalue weighted by atomic mass is 16.1. The summed E-state index contributed by atoms with van der Waals surface area (Å²) in [6, 6.07) is 19.8. The third-order valence-corrected chi connectivity index (χ3v) is 6.08. The van der Waals surface area contributed by atoms with E-state index in [4.69, 9.17) is 0 Å². The lowest BCUT2D eigenvalue weighted by Crippen LogP contribution is -2.36. The monoisotopic (exact) mass is 437 g/mol. The van der Waals surface area contributed by atoms with Crippen molar-refractivity contribution in [3.8, 4) is 0 Å². The fraction of sp³-hybridized carbons (Fsp3) is 0.222. The van der Waals surface area contributed by atoms with Crippen LogP contribution in [-0.2, 0) is 0 Å². The zero-order valence-electron chi connectivity index (χ0n) is 18.4. The average Bonchev–Trinajstić information content (AvgIpc) is 3.26. The Balaban J connectivity index is 1.33. The molecule has 1 fully saturated rings. The lowest BCUT2D eigenvalue weighted by Gasteiger charge is -2.23. The molecule has 0 unspecified atom stereocenters. The number of hydrogen-bond donors (Lipinski definition) is 3. The van der Waals surface area contributed by atoms with Crippen LogP contribution in [0.4, 0.5) is 11.4 Å². The van der Waals surface area contributed by atoms with Gasteiger partial charge in [0.1, 0.15) is 0 Å². The first-order valence-corrected chi connectivity index (χ1v) is 11.5. The van der Waals surface area contributed by atoms with Crippen LogP contribution in [0.3, 0.4) is 0 Å². The van der Waals surface area contributed by atoms with Crippen LogP contribution in [0.25, 0.3) is 23.1 Å². The Bertz CT molecular complexity index is 1270. The molecular formula is C27H27N5O. The van der Waals surface area contributed by atoms with Crippen molar-refractivity contribution in [2.75, 3.05) is 5.32 Å². The molecule has 1 aliphatic carbocycles. The Hall–Kier alpha value is -3.93. The van der Waals surface area contributed by atoms with Crippen molar-refractivity contribution in [2.45, 2.75) is 38.1 Å². The highest BCUT2D eigenvalue weighted by molar-refractivity contribution is 6.01. The predicted octanol–water partition coefficient (Wildman–Crippen LogP) is 5.93. The number of aromatic amines is 1. The Morgan fingerprint density at radius 2 is 1.82 bits per heavy atom. The first-order chi connectivity index (χ1) is 16.3. The lowest BCUT2D eigenvalue weighted by atomic mass is 9.95. The van der Waals surface area contributed by atoms with Gasteiger partial charge in [0.2, 0.25) is 0 Å². The number of pyridine rings is 1. The van der Waals surface area contributed by atoms with E-state index in [1.807, 2.05) is 72.8 Å². The van der Waals surface area contributed by atoms with Gasteiger partial charge in [-0.3, -0.25) is 14.9 Å². The summed E-state index contributed by atoms with van der Waals surface area (Å²) in [4.78, 5) is 17.3. The van der Waals surface area contributed by atoms with Crippen molar-refractivity contribution in [3.63, 3.8) is 0 Å². The SMILES string of the molecule is O=C(NC1CCCCC1)c1ccccc1Nc1ccc2c(/C=C/c3ccccn3)n[nH]c2c1. The Labute approximate surface area is 193 Å². The van der Waals surface area contributed by atoms with Gasteiger partial charge in [-0.25, -0.2) is 0 Å². The minimum absolute atomic E-state index is 0.0189. The van der Waals surface area contributed by atoms with Gasteiger partial charge < -0.3 is 10.6 Å². The van der Waals surface area contributed by atoms with Crippen molar-refractivity contribution in [1.29, 1.82) is 0 Å². The zero-order chi connectivity index (χ0) is 22.5. The Kier molecular flexibility index (Phi) is 6.15.